The minimum absolute atomic E-state index is 0.196. The van der Waals surface area contributed by atoms with E-state index in [0.717, 1.165) is 56.8 Å². The molecule has 1 atom stereocenters. The summed E-state index contributed by atoms with van der Waals surface area (Å²) in [6, 6.07) is 2.93. The summed E-state index contributed by atoms with van der Waals surface area (Å²) in [5.74, 6) is 0.367. The van der Waals surface area contributed by atoms with Crippen molar-refractivity contribution in [2.24, 2.45) is 5.73 Å². The highest BCUT2D eigenvalue weighted by Crippen LogP contribution is 2.32. The van der Waals surface area contributed by atoms with Crippen molar-refractivity contribution in [2.45, 2.75) is 63.5 Å². The predicted molar refractivity (Wildman–Crippen MR) is 101 cm³/mol. The molecule has 2 aliphatic carbocycles. The van der Waals surface area contributed by atoms with Crippen LogP contribution in [-0.2, 0) is 12.8 Å². The van der Waals surface area contributed by atoms with Gasteiger partial charge in [-0.25, -0.2) is 4.98 Å². The number of aliphatic hydroxyl groups excluding tert-OH is 1. The lowest BCUT2D eigenvalue weighted by Crippen LogP contribution is -2.56. The number of fused-ring (bicyclic) bond motifs is 1. The molecule has 4 rings (SSSR count). The van der Waals surface area contributed by atoms with Crippen LogP contribution in [0.15, 0.2) is 6.07 Å². The van der Waals surface area contributed by atoms with E-state index in [1.165, 1.54) is 31.2 Å². The highest BCUT2D eigenvalue weighted by Gasteiger charge is 2.34. The molecule has 0 unspecified atom stereocenters. The quantitative estimate of drug-likeness (QED) is 0.833. The summed E-state index contributed by atoms with van der Waals surface area (Å²) in [6.07, 6.45) is 9.02. The molecule has 26 heavy (non-hydrogen) atoms. The van der Waals surface area contributed by atoms with Crippen LogP contribution in [0.1, 0.15) is 60.1 Å². The summed E-state index contributed by atoms with van der Waals surface area (Å²) in [5, 5.41) is 9.57. The Morgan fingerprint density at radius 2 is 2.04 bits per heavy atom. The zero-order valence-electron chi connectivity index (χ0n) is 15.5. The normalized spacial score (nSPS) is 24.2. The number of nitrogens with two attached hydrogens (primary N) is 1. The van der Waals surface area contributed by atoms with Gasteiger partial charge in [0.2, 0.25) is 0 Å². The van der Waals surface area contributed by atoms with Crippen LogP contribution < -0.4 is 10.6 Å². The molecular weight excluding hydrogens is 328 g/mol. The number of hydrogen-bond acceptors (Lipinski definition) is 5. The molecule has 1 aromatic rings. The van der Waals surface area contributed by atoms with E-state index < -0.39 is 0 Å². The van der Waals surface area contributed by atoms with Crippen molar-refractivity contribution in [3.8, 4) is 0 Å². The van der Waals surface area contributed by atoms with Gasteiger partial charge in [0.1, 0.15) is 5.82 Å². The van der Waals surface area contributed by atoms with Gasteiger partial charge in [-0.3, -0.25) is 9.69 Å². The van der Waals surface area contributed by atoms with Crippen molar-refractivity contribution >= 4 is 11.7 Å². The van der Waals surface area contributed by atoms with Crippen molar-refractivity contribution in [3.05, 3.63) is 22.9 Å². The minimum atomic E-state index is -0.390. The first kappa shape index (κ1) is 17.7. The highest BCUT2D eigenvalue weighted by molar-refractivity contribution is 5.98. The van der Waals surface area contributed by atoms with Crippen molar-refractivity contribution in [1.29, 1.82) is 0 Å². The van der Waals surface area contributed by atoms with Crippen molar-refractivity contribution < 1.29 is 9.90 Å². The minimum Gasteiger partial charge on any atom is -0.396 e. The second-order valence-corrected chi connectivity index (χ2v) is 7.97. The molecule has 1 aliphatic heterocycles. The summed E-state index contributed by atoms with van der Waals surface area (Å²) < 4.78 is 0. The third-order valence-corrected chi connectivity index (χ3v) is 6.38. The van der Waals surface area contributed by atoms with Gasteiger partial charge in [0.25, 0.3) is 5.91 Å². The number of amides is 1. The van der Waals surface area contributed by atoms with E-state index in [0.29, 0.717) is 17.6 Å². The fraction of sp³-hybridized carbons (Fsp3) is 0.700. The van der Waals surface area contributed by atoms with Gasteiger partial charge in [-0.15, -0.1) is 0 Å². The number of primary amides is 1. The van der Waals surface area contributed by atoms with Gasteiger partial charge >= 0.3 is 0 Å². The van der Waals surface area contributed by atoms with E-state index in [4.69, 9.17) is 10.7 Å². The topological polar surface area (TPSA) is 82.7 Å². The number of aryl methyl sites for hydroxylation is 2. The second kappa shape index (κ2) is 7.53. The van der Waals surface area contributed by atoms with Gasteiger partial charge in [-0.1, -0.05) is 12.8 Å². The van der Waals surface area contributed by atoms with Gasteiger partial charge in [-0.05, 0) is 50.2 Å². The SMILES string of the molecule is NC(=O)c1cc2c(nc1N1CCN(C3CCCC3)[C@@H](CCO)C1)CCC2. The molecule has 1 saturated carbocycles. The standard InChI is InChI=1S/C20H30N4O2/c21-19(26)17-12-14-4-3-7-18(14)22-20(17)23-9-10-24(15-5-1-2-6-15)16(13-23)8-11-25/h12,15-16,25H,1-11,13H2,(H2,21,26)/t16-/m0/s1. The highest BCUT2D eigenvalue weighted by atomic mass is 16.3. The Bertz CT molecular complexity index is 672. The van der Waals surface area contributed by atoms with Crippen molar-refractivity contribution in [1.82, 2.24) is 9.88 Å². The Morgan fingerprint density at radius 3 is 2.77 bits per heavy atom. The van der Waals surface area contributed by atoms with Crippen molar-refractivity contribution in [3.63, 3.8) is 0 Å². The largest absolute Gasteiger partial charge is 0.396 e. The van der Waals surface area contributed by atoms with Crippen molar-refractivity contribution in [2.75, 3.05) is 31.1 Å². The molecule has 6 nitrogen and oxygen atoms in total. The second-order valence-electron chi connectivity index (χ2n) is 7.97. The summed E-state index contributed by atoms with van der Waals surface area (Å²) in [4.78, 5) is 21.7. The van der Waals surface area contributed by atoms with Crippen LogP contribution in [0.3, 0.4) is 0 Å². The monoisotopic (exact) mass is 358 g/mol. The number of carbonyl (C=O) groups is 1. The average Bonchev–Trinajstić information content (AvgIpc) is 3.32. The number of anilines is 1. The molecule has 0 aromatic carbocycles. The first-order valence-electron chi connectivity index (χ1n) is 10.1. The van der Waals surface area contributed by atoms with Gasteiger partial charge in [-0.2, -0.15) is 0 Å². The molecule has 2 fully saturated rings. The van der Waals surface area contributed by atoms with E-state index in [9.17, 15) is 9.90 Å². The number of aromatic nitrogens is 1. The van der Waals surface area contributed by atoms with Crippen LogP contribution in [0, 0.1) is 0 Å². The molecule has 0 spiro atoms. The maximum atomic E-state index is 12.1. The summed E-state index contributed by atoms with van der Waals surface area (Å²) >= 11 is 0. The maximum absolute atomic E-state index is 12.1. The van der Waals surface area contributed by atoms with Gasteiger partial charge < -0.3 is 15.7 Å². The van der Waals surface area contributed by atoms with Crippen LogP contribution in [-0.4, -0.2) is 59.2 Å². The zero-order valence-corrected chi connectivity index (χ0v) is 15.5. The van der Waals surface area contributed by atoms with Crippen LogP contribution in [0.2, 0.25) is 0 Å². The van der Waals surface area contributed by atoms with E-state index in [-0.39, 0.29) is 12.5 Å². The molecule has 1 aromatic heterocycles. The lowest BCUT2D eigenvalue weighted by Gasteiger charge is -2.45. The lowest BCUT2D eigenvalue weighted by molar-refractivity contribution is 0.0967. The molecule has 3 aliphatic rings. The van der Waals surface area contributed by atoms with Gasteiger partial charge in [0.05, 0.1) is 5.56 Å². The fourth-order valence-electron chi connectivity index (χ4n) is 5.07. The first-order valence-corrected chi connectivity index (χ1v) is 10.1. The number of carbonyl (C=O) groups excluding carboxylic acids is 1. The Labute approximate surface area is 155 Å². The van der Waals surface area contributed by atoms with Crippen LogP contribution in [0.5, 0.6) is 0 Å². The summed E-state index contributed by atoms with van der Waals surface area (Å²) in [5.41, 5.74) is 8.54. The molecule has 6 heteroatoms. The van der Waals surface area contributed by atoms with Gasteiger partial charge in [0, 0.05) is 44.0 Å². The molecule has 1 amide bonds. The molecule has 142 valence electrons. The number of aliphatic hydroxyl groups is 1. The predicted octanol–water partition coefficient (Wildman–Crippen LogP) is 1.48. The van der Waals surface area contributed by atoms with Gasteiger partial charge in [0.15, 0.2) is 0 Å². The molecule has 2 heterocycles. The Kier molecular flexibility index (Phi) is 5.14. The average molecular weight is 358 g/mol. The van der Waals surface area contributed by atoms with E-state index in [2.05, 4.69) is 9.80 Å². The van der Waals surface area contributed by atoms with Crippen LogP contribution in [0.25, 0.3) is 0 Å². The number of hydrogen-bond donors (Lipinski definition) is 2. The zero-order chi connectivity index (χ0) is 18.1. The smallest absolute Gasteiger partial charge is 0.252 e. The maximum Gasteiger partial charge on any atom is 0.252 e. The molecule has 0 radical (unpaired) electrons. The first-order chi connectivity index (χ1) is 12.7. The summed E-state index contributed by atoms with van der Waals surface area (Å²) in [6.45, 7) is 2.84. The Hall–Kier alpha value is -1.66. The lowest BCUT2D eigenvalue weighted by atomic mass is 10.0. The van der Waals surface area contributed by atoms with E-state index >= 15 is 0 Å². The number of pyridine rings is 1. The molecule has 3 N–H and O–H groups in total. The summed E-state index contributed by atoms with van der Waals surface area (Å²) in [7, 11) is 0. The fourth-order valence-corrected chi connectivity index (χ4v) is 5.07. The number of nitrogens with zero attached hydrogens (tertiary/aromatic N) is 3. The third kappa shape index (κ3) is 3.32. The molecule has 0 bridgehead atoms. The molecular formula is C20H30N4O2. The van der Waals surface area contributed by atoms with Crippen LogP contribution >= 0.6 is 0 Å². The van der Waals surface area contributed by atoms with E-state index in [1.54, 1.807) is 0 Å². The number of piperazine rings is 1. The number of rotatable bonds is 5. The van der Waals surface area contributed by atoms with E-state index in [1.807, 2.05) is 6.07 Å². The molecule has 1 saturated heterocycles. The third-order valence-electron chi connectivity index (χ3n) is 6.38. The Morgan fingerprint density at radius 1 is 1.23 bits per heavy atom. The Balaban J connectivity index is 1.59. The van der Waals surface area contributed by atoms with Crippen LogP contribution in [0.4, 0.5) is 5.82 Å².